The van der Waals surface area contributed by atoms with Crippen molar-refractivity contribution in [2.24, 2.45) is 0 Å². The molecular weight excluding hydrogens is 579 g/mol. The van der Waals surface area contributed by atoms with E-state index in [9.17, 15) is 0 Å². The fourth-order valence-electron chi connectivity index (χ4n) is 6.77. The Morgan fingerprint density at radius 3 is 1.92 bits per heavy atom. The zero-order valence-electron chi connectivity index (χ0n) is 27.3. The van der Waals surface area contributed by atoms with Gasteiger partial charge in [-0.05, 0) is 87.8 Å². The molecule has 0 heterocycles. The number of rotatable bonds is 10. The number of nitrogens with zero attached hydrogens (tertiary/aromatic N) is 1. The lowest BCUT2D eigenvalue weighted by atomic mass is 9.83. The monoisotopic (exact) mass is 617 g/mol. The summed E-state index contributed by atoms with van der Waals surface area (Å²) in [5, 5.41) is 2.60. The number of hydrogen-bond donors (Lipinski definition) is 0. The molecule has 7 rings (SSSR count). The van der Waals surface area contributed by atoms with E-state index in [1.165, 1.54) is 49.7 Å². The zero-order valence-corrected chi connectivity index (χ0v) is 27.3. The van der Waals surface area contributed by atoms with Gasteiger partial charge in [-0.3, -0.25) is 0 Å². The van der Waals surface area contributed by atoms with E-state index in [0.717, 1.165) is 23.5 Å². The minimum Gasteiger partial charge on any atom is -0.310 e. The maximum absolute atomic E-state index is 3.90. The molecule has 0 N–H and O–H groups in total. The largest absolute Gasteiger partial charge is 0.310 e. The SMILES string of the molecule is C=C/C=C\c1c(C)cccc1N(c1ccccc1)c1ccc(-c2ccc(C(Cc3ccccc3)c3cccc4ccccc34)cc2)cc1. The highest BCUT2D eigenvalue weighted by Gasteiger charge is 2.19. The van der Waals surface area contributed by atoms with Crippen molar-refractivity contribution in [1.82, 2.24) is 0 Å². The molecule has 1 nitrogen and oxygen atoms in total. The van der Waals surface area contributed by atoms with Gasteiger partial charge < -0.3 is 4.90 Å². The molecular formula is C47H39N. The Hall–Kier alpha value is -5.92. The van der Waals surface area contributed by atoms with Gasteiger partial charge in [-0.1, -0.05) is 164 Å². The van der Waals surface area contributed by atoms with Crippen molar-refractivity contribution < 1.29 is 0 Å². The number of aryl methyl sites for hydroxylation is 1. The maximum atomic E-state index is 3.90. The maximum Gasteiger partial charge on any atom is 0.0536 e. The fraction of sp³-hybridized carbons (Fsp3) is 0.0638. The third kappa shape index (κ3) is 6.49. The van der Waals surface area contributed by atoms with Crippen LogP contribution in [0.25, 0.3) is 28.0 Å². The summed E-state index contributed by atoms with van der Waals surface area (Å²) in [4.78, 5) is 2.33. The van der Waals surface area contributed by atoms with E-state index in [0.29, 0.717) is 0 Å². The molecule has 0 saturated heterocycles. The lowest BCUT2D eigenvalue weighted by Gasteiger charge is -2.28. The van der Waals surface area contributed by atoms with Crippen molar-refractivity contribution >= 4 is 33.9 Å². The molecule has 0 aliphatic heterocycles. The van der Waals surface area contributed by atoms with Gasteiger partial charge in [-0.15, -0.1) is 0 Å². The number of hydrogen-bond acceptors (Lipinski definition) is 1. The van der Waals surface area contributed by atoms with Crippen molar-refractivity contribution in [1.29, 1.82) is 0 Å². The molecule has 1 unspecified atom stereocenters. The molecule has 0 saturated carbocycles. The van der Waals surface area contributed by atoms with Gasteiger partial charge in [0.05, 0.1) is 5.69 Å². The number of fused-ring (bicyclic) bond motifs is 1. The molecule has 48 heavy (non-hydrogen) atoms. The molecule has 0 spiro atoms. The average molecular weight is 618 g/mol. The molecule has 0 fully saturated rings. The zero-order chi connectivity index (χ0) is 32.7. The van der Waals surface area contributed by atoms with E-state index in [-0.39, 0.29) is 5.92 Å². The van der Waals surface area contributed by atoms with Gasteiger partial charge in [0, 0.05) is 22.9 Å². The second kappa shape index (κ2) is 14.2. The van der Waals surface area contributed by atoms with Crippen molar-refractivity contribution in [3.05, 3.63) is 216 Å². The predicted octanol–water partition coefficient (Wildman–Crippen LogP) is 12.9. The normalized spacial score (nSPS) is 11.9. The highest BCUT2D eigenvalue weighted by Crippen LogP contribution is 2.39. The first kappa shape index (κ1) is 30.7. The Kier molecular flexibility index (Phi) is 9.11. The lowest BCUT2D eigenvalue weighted by molar-refractivity contribution is 0.812. The van der Waals surface area contributed by atoms with Crippen LogP contribution in [0.3, 0.4) is 0 Å². The molecule has 1 heteroatoms. The summed E-state index contributed by atoms with van der Waals surface area (Å²) in [6.45, 7) is 6.05. The molecule has 0 aromatic heterocycles. The van der Waals surface area contributed by atoms with E-state index in [2.05, 4.69) is 194 Å². The second-order valence-corrected chi connectivity index (χ2v) is 12.3. The van der Waals surface area contributed by atoms with Crippen LogP contribution < -0.4 is 4.90 Å². The summed E-state index contributed by atoms with van der Waals surface area (Å²) in [7, 11) is 0. The van der Waals surface area contributed by atoms with Gasteiger partial charge in [0.25, 0.3) is 0 Å². The van der Waals surface area contributed by atoms with E-state index in [1.807, 2.05) is 12.2 Å². The van der Waals surface area contributed by atoms with E-state index in [4.69, 9.17) is 0 Å². The van der Waals surface area contributed by atoms with E-state index in [1.54, 1.807) is 0 Å². The Labute approximate surface area is 284 Å². The van der Waals surface area contributed by atoms with Gasteiger partial charge in [0.2, 0.25) is 0 Å². The summed E-state index contributed by atoms with van der Waals surface area (Å²) in [5.41, 5.74) is 12.2. The minimum atomic E-state index is 0.244. The molecule has 0 aliphatic rings. The third-order valence-electron chi connectivity index (χ3n) is 9.21. The first-order valence-corrected chi connectivity index (χ1v) is 16.7. The summed E-state index contributed by atoms with van der Waals surface area (Å²) in [6, 6.07) is 61.5. The highest BCUT2D eigenvalue weighted by atomic mass is 15.1. The van der Waals surface area contributed by atoms with Gasteiger partial charge in [0.15, 0.2) is 0 Å². The van der Waals surface area contributed by atoms with Crippen molar-refractivity contribution in [2.45, 2.75) is 19.3 Å². The Morgan fingerprint density at radius 1 is 0.583 bits per heavy atom. The van der Waals surface area contributed by atoms with Crippen LogP contribution in [0.5, 0.6) is 0 Å². The van der Waals surface area contributed by atoms with Crippen LogP contribution in [-0.4, -0.2) is 0 Å². The molecule has 0 aliphatic carbocycles. The first-order valence-electron chi connectivity index (χ1n) is 16.7. The van der Waals surface area contributed by atoms with Crippen LogP contribution >= 0.6 is 0 Å². The summed E-state index contributed by atoms with van der Waals surface area (Å²) < 4.78 is 0. The number of para-hydroxylation sites is 1. The molecule has 232 valence electrons. The molecule has 0 amide bonds. The quantitative estimate of drug-likeness (QED) is 0.138. The topological polar surface area (TPSA) is 3.24 Å². The first-order chi connectivity index (χ1) is 23.7. The average Bonchev–Trinajstić information content (AvgIpc) is 3.15. The molecule has 7 aromatic carbocycles. The smallest absolute Gasteiger partial charge is 0.0536 e. The van der Waals surface area contributed by atoms with Gasteiger partial charge in [-0.2, -0.15) is 0 Å². The van der Waals surface area contributed by atoms with Crippen molar-refractivity contribution in [2.75, 3.05) is 4.90 Å². The van der Waals surface area contributed by atoms with Gasteiger partial charge in [0.1, 0.15) is 0 Å². The van der Waals surface area contributed by atoms with Crippen LogP contribution in [-0.2, 0) is 6.42 Å². The van der Waals surface area contributed by atoms with Crippen LogP contribution in [0.15, 0.2) is 189 Å². The predicted molar refractivity (Wildman–Crippen MR) is 206 cm³/mol. The van der Waals surface area contributed by atoms with Gasteiger partial charge in [-0.25, -0.2) is 0 Å². The second-order valence-electron chi connectivity index (χ2n) is 12.3. The van der Waals surface area contributed by atoms with Crippen molar-refractivity contribution in [3.8, 4) is 11.1 Å². The van der Waals surface area contributed by atoms with E-state index < -0.39 is 0 Å². The Bertz CT molecular complexity index is 2150. The fourth-order valence-corrected chi connectivity index (χ4v) is 6.77. The molecule has 7 aromatic rings. The minimum absolute atomic E-state index is 0.244. The van der Waals surface area contributed by atoms with Gasteiger partial charge >= 0.3 is 0 Å². The van der Waals surface area contributed by atoms with Crippen LogP contribution in [0.1, 0.15) is 33.7 Å². The standard InChI is InChI=1S/C47H39N/c1-3-4-22-43-35(2)15-13-25-47(43)48(41-20-9-6-10-21-41)42-32-30-38(31-33-42)37-26-28-40(29-27-37)46(34-36-16-7-5-8-17-36)45-24-14-19-39-18-11-12-23-44(39)45/h3-33,46H,1,34H2,2H3/b22-4-. The molecule has 1 atom stereocenters. The molecule has 0 radical (unpaired) electrons. The number of benzene rings is 7. The summed E-state index contributed by atoms with van der Waals surface area (Å²) >= 11 is 0. The van der Waals surface area contributed by atoms with Crippen LogP contribution in [0.2, 0.25) is 0 Å². The summed E-state index contributed by atoms with van der Waals surface area (Å²) in [5.74, 6) is 0.244. The highest BCUT2D eigenvalue weighted by molar-refractivity contribution is 5.87. The van der Waals surface area contributed by atoms with Crippen molar-refractivity contribution in [3.63, 3.8) is 0 Å². The van der Waals surface area contributed by atoms with Crippen LogP contribution in [0, 0.1) is 6.92 Å². The third-order valence-corrected chi connectivity index (χ3v) is 9.21. The summed E-state index contributed by atoms with van der Waals surface area (Å²) in [6.07, 6.45) is 6.93. The van der Waals surface area contributed by atoms with Crippen LogP contribution in [0.4, 0.5) is 17.1 Å². The molecule has 0 bridgehead atoms. The van der Waals surface area contributed by atoms with E-state index >= 15 is 0 Å². The number of allylic oxidation sites excluding steroid dienone is 2. The number of anilines is 3. The Morgan fingerprint density at radius 2 is 1.19 bits per heavy atom. The lowest BCUT2D eigenvalue weighted by Crippen LogP contribution is -2.11. The Balaban J connectivity index is 1.23.